The smallest absolute Gasteiger partial charge is 0.162 e. The van der Waals surface area contributed by atoms with E-state index in [0.717, 1.165) is 28.3 Å². The molecule has 15 heavy (non-hydrogen) atoms. The Balaban J connectivity index is 2.55. The van der Waals surface area contributed by atoms with Gasteiger partial charge in [-0.3, -0.25) is 4.68 Å². The van der Waals surface area contributed by atoms with E-state index in [-0.39, 0.29) is 0 Å². The summed E-state index contributed by atoms with van der Waals surface area (Å²) >= 11 is 0. The van der Waals surface area contributed by atoms with Crippen LogP contribution >= 0.6 is 0 Å². The molecule has 0 amide bonds. The first-order valence-electron chi connectivity index (χ1n) is 4.89. The predicted molar refractivity (Wildman–Crippen MR) is 58.4 cm³/mol. The molecule has 0 saturated heterocycles. The van der Waals surface area contributed by atoms with Crippen molar-refractivity contribution < 1.29 is 0 Å². The Kier molecular flexibility index (Phi) is 2.26. The third-order valence-electron chi connectivity index (χ3n) is 2.60. The number of rotatable bonds is 1. The summed E-state index contributed by atoms with van der Waals surface area (Å²) in [6.07, 6.45) is 3.70. The van der Waals surface area contributed by atoms with Crippen molar-refractivity contribution in [2.45, 2.75) is 20.8 Å². The highest BCUT2D eigenvalue weighted by Gasteiger charge is 2.07. The molecule has 2 aromatic heterocycles. The monoisotopic (exact) mass is 202 g/mol. The molecule has 0 aliphatic heterocycles. The Bertz CT molecular complexity index is 476. The summed E-state index contributed by atoms with van der Waals surface area (Å²) < 4.78 is 1.75. The number of hydrogen-bond donors (Lipinski definition) is 0. The van der Waals surface area contributed by atoms with Gasteiger partial charge in [0.2, 0.25) is 0 Å². The average molecular weight is 202 g/mol. The van der Waals surface area contributed by atoms with Crippen LogP contribution in [0.3, 0.4) is 0 Å². The van der Waals surface area contributed by atoms with Crippen molar-refractivity contribution in [3.63, 3.8) is 0 Å². The zero-order chi connectivity index (χ0) is 11.0. The molecule has 4 nitrogen and oxygen atoms in total. The number of hydrogen-bond acceptors (Lipinski definition) is 3. The Morgan fingerprint density at radius 3 is 2.13 bits per heavy atom. The Labute approximate surface area is 89.0 Å². The molecule has 0 unspecified atom stereocenters. The summed E-state index contributed by atoms with van der Waals surface area (Å²) in [4.78, 5) is 8.91. The van der Waals surface area contributed by atoms with Crippen LogP contribution in [0.4, 0.5) is 0 Å². The van der Waals surface area contributed by atoms with Crippen molar-refractivity contribution in [1.29, 1.82) is 0 Å². The fraction of sp³-hybridized carbons (Fsp3) is 0.364. The fourth-order valence-electron chi connectivity index (χ4n) is 1.44. The standard InChI is InChI=1S/C11H14N4/c1-7-8(2)13-11(14-9(7)3)10-5-12-15(4)6-10/h5-6H,1-4H3. The van der Waals surface area contributed by atoms with Crippen molar-refractivity contribution in [1.82, 2.24) is 19.7 Å². The lowest BCUT2D eigenvalue weighted by molar-refractivity contribution is 0.768. The summed E-state index contributed by atoms with van der Waals surface area (Å²) in [6.45, 7) is 6.05. The van der Waals surface area contributed by atoms with Gasteiger partial charge in [-0.15, -0.1) is 0 Å². The van der Waals surface area contributed by atoms with Gasteiger partial charge in [-0.1, -0.05) is 0 Å². The molecule has 0 spiro atoms. The maximum Gasteiger partial charge on any atom is 0.162 e. The van der Waals surface area contributed by atoms with Crippen LogP contribution in [0.5, 0.6) is 0 Å². The highest BCUT2D eigenvalue weighted by atomic mass is 15.2. The van der Waals surface area contributed by atoms with Gasteiger partial charge in [0.05, 0.1) is 11.8 Å². The molecule has 4 heteroatoms. The maximum atomic E-state index is 4.45. The van der Waals surface area contributed by atoms with Gasteiger partial charge < -0.3 is 0 Å². The van der Waals surface area contributed by atoms with Crippen LogP contribution in [0.2, 0.25) is 0 Å². The van der Waals surface area contributed by atoms with Crippen molar-refractivity contribution in [2.24, 2.45) is 7.05 Å². The molecule has 0 aromatic carbocycles. The summed E-state index contributed by atoms with van der Waals surface area (Å²) in [5.74, 6) is 0.753. The first kappa shape index (κ1) is 9.83. The van der Waals surface area contributed by atoms with Crippen LogP contribution < -0.4 is 0 Å². The van der Waals surface area contributed by atoms with Crippen LogP contribution in [0.25, 0.3) is 11.4 Å². The minimum absolute atomic E-state index is 0.753. The molecule has 2 rings (SSSR count). The van der Waals surface area contributed by atoms with Crippen LogP contribution in [0, 0.1) is 20.8 Å². The lowest BCUT2D eigenvalue weighted by Crippen LogP contribution is -1.98. The summed E-state index contributed by atoms with van der Waals surface area (Å²) in [7, 11) is 1.89. The lowest BCUT2D eigenvalue weighted by atomic mass is 10.2. The van der Waals surface area contributed by atoms with Crippen molar-refractivity contribution in [3.05, 3.63) is 29.3 Å². The van der Waals surface area contributed by atoms with Gasteiger partial charge in [-0.2, -0.15) is 5.10 Å². The molecule has 0 bridgehead atoms. The molecule has 0 atom stereocenters. The maximum absolute atomic E-state index is 4.45. The molecule has 0 radical (unpaired) electrons. The minimum Gasteiger partial charge on any atom is -0.275 e. The van der Waals surface area contributed by atoms with E-state index in [1.54, 1.807) is 10.9 Å². The van der Waals surface area contributed by atoms with Crippen molar-refractivity contribution >= 4 is 0 Å². The molecular formula is C11H14N4. The van der Waals surface area contributed by atoms with Gasteiger partial charge in [0.1, 0.15) is 0 Å². The second-order valence-corrected chi connectivity index (χ2v) is 3.75. The normalized spacial score (nSPS) is 10.7. The molecule has 0 N–H and O–H groups in total. The molecule has 78 valence electrons. The van der Waals surface area contributed by atoms with Crippen LogP contribution in [0.1, 0.15) is 17.0 Å². The van der Waals surface area contributed by atoms with Gasteiger partial charge in [0.15, 0.2) is 5.82 Å². The summed E-state index contributed by atoms with van der Waals surface area (Å²) in [6, 6.07) is 0. The van der Waals surface area contributed by atoms with E-state index in [2.05, 4.69) is 15.1 Å². The van der Waals surface area contributed by atoms with E-state index in [0.29, 0.717) is 0 Å². The minimum atomic E-state index is 0.753. The molecule has 2 heterocycles. The average Bonchev–Trinajstić information content (AvgIpc) is 2.60. The Hall–Kier alpha value is -1.71. The molecule has 0 fully saturated rings. The molecule has 0 saturated carbocycles. The number of nitrogens with zero attached hydrogens (tertiary/aromatic N) is 4. The molecular weight excluding hydrogens is 188 g/mol. The third kappa shape index (κ3) is 1.75. The SMILES string of the molecule is Cc1nc(-c2cnn(C)c2)nc(C)c1C. The Morgan fingerprint density at radius 2 is 1.67 bits per heavy atom. The summed E-state index contributed by atoms with van der Waals surface area (Å²) in [5, 5.41) is 4.11. The third-order valence-corrected chi connectivity index (χ3v) is 2.60. The quantitative estimate of drug-likeness (QED) is 0.708. The zero-order valence-corrected chi connectivity index (χ0v) is 9.44. The van der Waals surface area contributed by atoms with Crippen LogP contribution in [-0.4, -0.2) is 19.7 Å². The summed E-state index contributed by atoms with van der Waals surface area (Å²) in [5.41, 5.74) is 4.18. The van der Waals surface area contributed by atoms with Gasteiger partial charge in [0.25, 0.3) is 0 Å². The number of aryl methyl sites for hydroxylation is 3. The van der Waals surface area contributed by atoms with E-state index in [4.69, 9.17) is 0 Å². The van der Waals surface area contributed by atoms with Crippen LogP contribution in [0.15, 0.2) is 12.4 Å². The predicted octanol–water partition coefficient (Wildman–Crippen LogP) is 1.80. The highest BCUT2D eigenvalue weighted by molar-refractivity contribution is 5.53. The van der Waals surface area contributed by atoms with E-state index >= 15 is 0 Å². The van der Waals surface area contributed by atoms with E-state index in [9.17, 15) is 0 Å². The van der Waals surface area contributed by atoms with E-state index in [1.807, 2.05) is 34.0 Å². The van der Waals surface area contributed by atoms with Gasteiger partial charge in [0, 0.05) is 24.6 Å². The van der Waals surface area contributed by atoms with Crippen molar-refractivity contribution in [2.75, 3.05) is 0 Å². The zero-order valence-electron chi connectivity index (χ0n) is 9.44. The number of aromatic nitrogens is 4. The fourth-order valence-corrected chi connectivity index (χ4v) is 1.44. The van der Waals surface area contributed by atoms with E-state index in [1.165, 1.54) is 0 Å². The van der Waals surface area contributed by atoms with Crippen LogP contribution in [-0.2, 0) is 7.05 Å². The van der Waals surface area contributed by atoms with Gasteiger partial charge in [-0.05, 0) is 26.3 Å². The molecule has 0 aliphatic carbocycles. The molecule has 0 aliphatic rings. The van der Waals surface area contributed by atoms with E-state index < -0.39 is 0 Å². The second-order valence-electron chi connectivity index (χ2n) is 3.75. The Morgan fingerprint density at radius 1 is 1.07 bits per heavy atom. The van der Waals surface area contributed by atoms with Gasteiger partial charge >= 0.3 is 0 Å². The van der Waals surface area contributed by atoms with Gasteiger partial charge in [-0.25, -0.2) is 9.97 Å². The molecule has 2 aromatic rings. The first-order valence-corrected chi connectivity index (χ1v) is 4.89. The van der Waals surface area contributed by atoms with Crippen molar-refractivity contribution in [3.8, 4) is 11.4 Å². The largest absolute Gasteiger partial charge is 0.275 e. The lowest BCUT2D eigenvalue weighted by Gasteiger charge is -2.05. The highest BCUT2D eigenvalue weighted by Crippen LogP contribution is 2.16. The topological polar surface area (TPSA) is 43.6 Å². The first-order chi connectivity index (χ1) is 7.08. The second kappa shape index (κ2) is 3.46.